The molecule has 1 saturated heterocycles. The molecule has 150 valence electrons. The number of anilines is 1. The van der Waals surface area contributed by atoms with E-state index < -0.39 is 0 Å². The van der Waals surface area contributed by atoms with Gasteiger partial charge in [0.1, 0.15) is 6.33 Å². The number of nitrogens with zero attached hydrogens (tertiary/aromatic N) is 3. The number of carbonyl (C=O) groups is 1. The number of nitrogens with one attached hydrogen (secondary N) is 1. The van der Waals surface area contributed by atoms with Crippen LogP contribution in [0.4, 0.5) is 5.69 Å². The van der Waals surface area contributed by atoms with E-state index in [1.165, 1.54) is 15.6 Å². The van der Waals surface area contributed by atoms with Gasteiger partial charge in [0.2, 0.25) is 5.91 Å². The summed E-state index contributed by atoms with van der Waals surface area (Å²) in [5, 5.41) is 7.11. The topological polar surface area (TPSA) is 78.2 Å². The van der Waals surface area contributed by atoms with Crippen molar-refractivity contribution in [2.75, 3.05) is 18.5 Å². The minimum atomic E-state index is -0.182. The third kappa shape index (κ3) is 4.60. The van der Waals surface area contributed by atoms with Crippen LogP contribution >= 0.6 is 11.8 Å². The summed E-state index contributed by atoms with van der Waals surface area (Å²) in [6, 6.07) is 15.5. The molecule has 2 heterocycles. The van der Waals surface area contributed by atoms with E-state index in [0.717, 1.165) is 34.0 Å². The fourth-order valence-electron chi connectivity index (χ4n) is 3.19. The Hall–Kier alpha value is -2.84. The molecule has 1 fully saturated rings. The summed E-state index contributed by atoms with van der Waals surface area (Å²) in [7, 11) is 1.67. The maximum atomic E-state index is 12.4. The van der Waals surface area contributed by atoms with E-state index in [1.807, 2.05) is 48.5 Å². The third-order valence-corrected chi connectivity index (χ3v) is 5.83. The summed E-state index contributed by atoms with van der Waals surface area (Å²) in [6.07, 6.45) is 3.03. The average molecular weight is 410 g/mol. The highest BCUT2D eigenvalue weighted by Gasteiger charge is 2.21. The van der Waals surface area contributed by atoms with Crippen molar-refractivity contribution < 1.29 is 9.53 Å². The number of amides is 1. The summed E-state index contributed by atoms with van der Waals surface area (Å²) >= 11 is 1.59. The van der Waals surface area contributed by atoms with Gasteiger partial charge < -0.3 is 10.1 Å². The zero-order valence-electron chi connectivity index (χ0n) is 16.1. The lowest BCUT2D eigenvalue weighted by atomic mass is 9.99. The Kier molecular flexibility index (Phi) is 5.82. The molecule has 0 radical (unpaired) electrons. The second-order valence-electron chi connectivity index (χ2n) is 6.94. The van der Waals surface area contributed by atoms with Gasteiger partial charge >= 0.3 is 5.69 Å². The van der Waals surface area contributed by atoms with Gasteiger partial charge in [-0.25, -0.2) is 4.79 Å². The molecule has 0 spiro atoms. The monoisotopic (exact) mass is 410 g/mol. The van der Waals surface area contributed by atoms with Crippen LogP contribution in [0.5, 0.6) is 0 Å². The minimum Gasteiger partial charge on any atom is -0.381 e. The number of ether oxygens (including phenoxy) is 1. The van der Waals surface area contributed by atoms with Crippen molar-refractivity contribution in [3.63, 3.8) is 0 Å². The predicted octanol–water partition coefficient (Wildman–Crippen LogP) is 3.09. The Labute approximate surface area is 172 Å². The van der Waals surface area contributed by atoms with Crippen molar-refractivity contribution in [3.8, 4) is 5.69 Å². The van der Waals surface area contributed by atoms with Crippen LogP contribution in [0.3, 0.4) is 0 Å². The van der Waals surface area contributed by atoms with Gasteiger partial charge in [-0.1, -0.05) is 17.8 Å². The molecule has 1 amide bonds. The molecule has 0 saturated carbocycles. The van der Waals surface area contributed by atoms with Crippen LogP contribution in [0.15, 0.2) is 69.4 Å². The molecule has 1 aliphatic heterocycles. The lowest BCUT2D eigenvalue weighted by Crippen LogP contribution is -2.28. The normalized spacial score (nSPS) is 14.7. The Morgan fingerprint density at radius 2 is 1.90 bits per heavy atom. The highest BCUT2D eigenvalue weighted by molar-refractivity contribution is 7.99. The smallest absolute Gasteiger partial charge is 0.350 e. The highest BCUT2D eigenvalue weighted by Crippen LogP contribution is 2.30. The molecule has 3 aromatic rings. The van der Waals surface area contributed by atoms with E-state index in [4.69, 9.17) is 4.74 Å². The Morgan fingerprint density at radius 1 is 1.14 bits per heavy atom. The number of hydrogen-bond acceptors (Lipinski definition) is 5. The Bertz CT molecular complexity index is 1050. The quantitative estimate of drug-likeness (QED) is 0.699. The van der Waals surface area contributed by atoms with Gasteiger partial charge in [-0.05, 0) is 55.3 Å². The van der Waals surface area contributed by atoms with Gasteiger partial charge in [0.15, 0.2) is 0 Å². The molecule has 0 unspecified atom stereocenters. The van der Waals surface area contributed by atoms with E-state index in [-0.39, 0.29) is 17.5 Å². The summed E-state index contributed by atoms with van der Waals surface area (Å²) in [5.41, 5.74) is 1.33. The predicted molar refractivity (Wildman–Crippen MR) is 112 cm³/mol. The van der Waals surface area contributed by atoms with Crippen LogP contribution in [-0.4, -0.2) is 33.5 Å². The van der Waals surface area contributed by atoms with Crippen LogP contribution in [0.25, 0.3) is 5.69 Å². The van der Waals surface area contributed by atoms with Gasteiger partial charge in [-0.2, -0.15) is 9.78 Å². The number of aromatic nitrogens is 3. The van der Waals surface area contributed by atoms with E-state index in [2.05, 4.69) is 10.4 Å². The molecule has 8 heteroatoms. The zero-order chi connectivity index (χ0) is 20.2. The molecule has 1 aromatic heterocycles. The molecule has 0 atom stereocenters. The van der Waals surface area contributed by atoms with Gasteiger partial charge in [0.05, 0.1) is 5.69 Å². The van der Waals surface area contributed by atoms with Gasteiger partial charge in [0, 0.05) is 41.7 Å². The largest absolute Gasteiger partial charge is 0.381 e. The van der Waals surface area contributed by atoms with E-state index in [0.29, 0.717) is 13.2 Å². The first-order chi connectivity index (χ1) is 14.1. The van der Waals surface area contributed by atoms with Crippen molar-refractivity contribution in [1.82, 2.24) is 14.3 Å². The molecule has 1 N–H and O–H groups in total. The molecular formula is C21H22N4O3S. The zero-order valence-corrected chi connectivity index (χ0v) is 16.9. The van der Waals surface area contributed by atoms with E-state index in [9.17, 15) is 9.59 Å². The third-order valence-electron chi connectivity index (χ3n) is 4.83. The summed E-state index contributed by atoms with van der Waals surface area (Å²) in [6.45, 7) is 1.29. The highest BCUT2D eigenvalue weighted by atomic mass is 32.2. The molecular weight excluding hydrogens is 388 g/mol. The second kappa shape index (κ2) is 8.67. The maximum absolute atomic E-state index is 12.4. The molecule has 0 bridgehead atoms. The van der Waals surface area contributed by atoms with Crippen LogP contribution in [0.2, 0.25) is 0 Å². The lowest BCUT2D eigenvalue weighted by Gasteiger charge is -2.21. The standard InChI is InChI=1S/C21H22N4O3S/c1-24-14-22-25(21(24)27)17-5-7-18(8-6-17)29-19-4-2-3-16(13-19)23-20(26)15-9-11-28-12-10-15/h2-8,13-15H,9-12H2,1H3,(H,23,26). The Morgan fingerprint density at radius 3 is 2.59 bits per heavy atom. The van der Waals surface area contributed by atoms with Crippen LogP contribution in [0, 0.1) is 5.92 Å². The lowest BCUT2D eigenvalue weighted by molar-refractivity contribution is -0.122. The minimum absolute atomic E-state index is 0.0163. The number of aryl methyl sites for hydroxylation is 1. The van der Waals surface area contributed by atoms with Crippen molar-refractivity contribution in [2.45, 2.75) is 22.6 Å². The summed E-state index contributed by atoms with van der Waals surface area (Å²) in [5.74, 6) is 0.0724. The van der Waals surface area contributed by atoms with Crippen LogP contribution < -0.4 is 11.0 Å². The van der Waals surface area contributed by atoms with Gasteiger partial charge in [-0.15, -0.1) is 0 Å². The van der Waals surface area contributed by atoms with Gasteiger partial charge in [-0.3, -0.25) is 9.36 Å². The first-order valence-corrected chi connectivity index (χ1v) is 10.3. The number of hydrogen-bond donors (Lipinski definition) is 1. The van der Waals surface area contributed by atoms with E-state index >= 15 is 0 Å². The molecule has 7 nitrogen and oxygen atoms in total. The molecule has 1 aliphatic rings. The fraction of sp³-hybridized carbons (Fsp3) is 0.286. The van der Waals surface area contributed by atoms with Gasteiger partial charge in [0.25, 0.3) is 0 Å². The molecule has 0 aliphatic carbocycles. The summed E-state index contributed by atoms with van der Waals surface area (Å²) in [4.78, 5) is 26.5. The van der Waals surface area contributed by atoms with Crippen molar-refractivity contribution in [2.24, 2.45) is 13.0 Å². The van der Waals surface area contributed by atoms with Crippen LogP contribution in [-0.2, 0) is 16.6 Å². The molecule has 2 aromatic carbocycles. The Balaban J connectivity index is 1.43. The molecule has 29 heavy (non-hydrogen) atoms. The molecule has 4 rings (SSSR count). The number of carbonyl (C=O) groups excluding carboxylic acids is 1. The summed E-state index contributed by atoms with van der Waals surface area (Å²) < 4.78 is 8.12. The average Bonchev–Trinajstić information content (AvgIpc) is 3.08. The first kappa shape index (κ1) is 19.5. The SMILES string of the molecule is Cn1cnn(-c2ccc(Sc3cccc(NC(=O)C4CCOCC4)c3)cc2)c1=O. The van der Waals surface area contributed by atoms with Crippen molar-refractivity contribution in [1.29, 1.82) is 0 Å². The van der Waals surface area contributed by atoms with Crippen molar-refractivity contribution in [3.05, 3.63) is 65.3 Å². The fourth-order valence-corrected chi connectivity index (χ4v) is 4.06. The second-order valence-corrected chi connectivity index (χ2v) is 8.08. The number of benzene rings is 2. The maximum Gasteiger partial charge on any atom is 0.350 e. The number of rotatable bonds is 5. The van der Waals surface area contributed by atoms with Crippen molar-refractivity contribution >= 4 is 23.4 Å². The van der Waals surface area contributed by atoms with Crippen LogP contribution in [0.1, 0.15) is 12.8 Å². The first-order valence-electron chi connectivity index (χ1n) is 9.48. The van der Waals surface area contributed by atoms with E-state index in [1.54, 1.807) is 18.8 Å².